The standard InChI is InChI=1S/C27H31N3O8S/c1-6-38-20-9-7-19(8-10-20)17-28-29-27(31)18-30(23-15-21(34-2)11-13-24(23)35-3)39(32,33)22-12-14-25(36-4)26(16-22)37-5/h7-17H,6,18H2,1-5H3,(H,29,31)/b28-17-. The lowest BCUT2D eigenvalue weighted by molar-refractivity contribution is -0.119. The summed E-state index contributed by atoms with van der Waals surface area (Å²) in [7, 11) is 1.36. The predicted octanol–water partition coefficient (Wildman–Crippen LogP) is 3.47. The van der Waals surface area contributed by atoms with E-state index in [2.05, 4.69) is 10.5 Å². The summed E-state index contributed by atoms with van der Waals surface area (Å²) in [6.45, 7) is 1.83. The molecule has 0 aliphatic heterocycles. The highest BCUT2D eigenvalue weighted by molar-refractivity contribution is 7.92. The Bertz CT molecular complexity index is 1410. The summed E-state index contributed by atoms with van der Waals surface area (Å²) in [5, 5.41) is 3.97. The third-order valence-corrected chi connectivity index (χ3v) is 7.23. The van der Waals surface area contributed by atoms with Gasteiger partial charge in [-0.25, -0.2) is 13.8 Å². The number of methoxy groups -OCH3 is 4. The molecule has 0 atom stereocenters. The zero-order valence-electron chi connectivity index (χ0n) is 22.3. The second kappa shape index (κ2) is 13.4. The molecule has 0 heterocycles. The Balaban J connectivity index is 1.95. The van der Waals surface area contributed by atoms with Gasteiger partial charge in [-0.15, -0.1) is 0 Å². The minimum atomic E-state index is -4.32. The van der Waals surface area contributed by atoms with Crippen molar-refractivity contribution in [2.75, 3.05) is 45.9 Å². The predicted molar refractivity (Wildman–Crippen MR) is 147 cm³/mol. The van der Waals surface area contributed by atoms with Gasteiger partial charge in [-0.3, -0.25) is 9.10 Å². The molecule has 0 aromatic heterocycles. The van der Waals surface area contributed by atoms with Crippen LogP contribution in [0.2, 0.25) is 0 Å². The fourth-order valence-electron chi connectivity index (χ4n) is 3.56. The molecule has 3 aromatic carbocycles. The van der Waals surface area contributed by atoms with Crippen LogP contribution in [0.25, 0.3) is 0 Å². The first-order chi connectivity index (χ1) is 18.8. The summed E-state index contributed by atoms with van der Waals surface area (Å²) in [5.74, 6) is 1.16. The van der Waals surface area contributed by atoms with E-state index in [-0.39, 0.29) is 22.1 Å². The van der Waals surface area contributed by atoms with Crippen LogP contribution in [0.1, 0.15) is 12.5 Å². The number of carbonyl (C=O) groups excluding carboxylic acids is 1. The highest BCUT2D eigenvalue weighted by atomic mass is 32.2. The van der Waals surface area contributed by atoms with Crippen LogP contribution in [-0.4, -0.2) is 62.1 Å². The smallest absolute Gasteiger partial charge is 0.265 e. The fourth-order valence-corrected chi connectivity index (χ4v) is 5.00. The van der Waals surface area contributed by atoms with Gasteiger partial charge in [-0.05, 0) is 61.0 Å². The molecule has 0 aliphatic carbocycles. The van der Waals surface area contributed by atoms with Crippen molar-refractivity contribution in [2.24, 2.45) is 5.10 Å². The molecule has 0 radical (unpaired) electrons. The summed E-state index contributed by atoms with van der Waals surface area (Å²) < 4.78 is 55.3. The number of nitrogens with one attached hydrogen (secondary N) is 1. The van der Waals surface area contributed by atoms with Gasteiger partial charge in [-0.1, -0.05) is 0 Å². The van der Waals surface area contributed by atoms with E-state index in [1.807, 2.05) is 6.92 Å². The summed E-state index contributed by atoms with van der Waals surface area (Å²) in [4.78, 5) is 12.8. The number of ether oxygens (including phenoxy) is 5. The number of sulfonamides is 1. The molecule has 1 amide bonds. The molecular weight excluding hydrogens is 526 g/mol. The van der Waals surface area contributed by atoms with Crippen LogP contribution in [-0.2, 0) is 14.8 Å². The molecule has 0 fully saturated rings. The first kappa shape index (κ1) is 29.1. The number of benzene rings is 3. The maximum atomic E-state index is 13.9. The van der Waals surface area contributed by atoms with Crippen molar-refractivity contribution < 1.29 is 36.9 Å². The second-order valence-corrected chi connectivity index (χ2v) is 9.72. The number of hydrogen-bond acceptors (Lipinski definition) is 9. The first-order valence-corrected chi connectivity index (χ1v) is 13.2. The maximum Gasteiger partial charge on any atom is 0.265 e. The monoisotopic (exact) mass is 557 g/mol. The lowest BCUT2D eigenvalue weighted by Gasteiger charge is -2.26. The molecule has 12 heteroatoms. The Kier molecular flexibility index (Phi) is 9.98. The van der Waals surface area contributed by atoms with E-state index in [1.54, 1.807) is 36.4 Å². The topological polar surface area (TPSA) is 125 Å². The van der Waals surface area contributed by atoms with Gasteiger partial charge in [0.2, 0.25) is 0 Å². The number of hydrogen-bond donors (Lipinski definition) is 1. The number of rotatable bonds is 13. The second-order valence-electron chi connectivity index (χ2n) is 7.86. The van der Waals surface area contributed by atoms with Crippen LogP contribution >= 0.6 is 0 Å². The summed E-state index contributed by atoms with van der Waals surface area (Å²) in [6, 6.07) is 15.9. The molecule has 0 saturated heterocycles. The van der Waals surface area contributed by atoms with E-state index in [9.17, 15) is 13.2 Å². The average molecular weight is 558 g/mol. The highest BCUT2D eigenvalue weighted by Crippen LogP contribution is 2.37. The molecule has 11 nitrogen and oxygen atoms in total. The molecule has 0 spiro atoms. The summed E-state index contributed by atoms with van der Waals surface area (Å²) in [6.07, 6.45) is 1.44. The third-order valence-electron chi connectivity index (χ3n) is 5.48. The van der Waals surface area contributed by atoms with E-state index in [0.717, 1.165) is 4.31 Å². The summed E-state index contributed by atoms with van der Waals surface area (Å²) in [5.41, 5.74) is 3.18. The van der Waals surface area contributed by atoms with Crippen molar-refractivity contribution in [3.8, 4) is 28.7 Å². The number of anilines is 1. The Labute approximate surface area is 227 Å². The van der Waals surface area contributed by atoms with Gasteiger partial charge in [0.05, 0.1) is 51.8 Å². The molecule has 1 N–H and O–H groups in total. The van der Waals surface area contributed by atoms with Gasteiger partial charge < -0.3 is 23.7 Å². The van der Waals surface area contributed by atoms with Crippen molar-refractivity contribution in [1.29, 1.82) is 0 Å². The van der Waals surface area contributed by atoms with Crippen LogP contribution in [0.3, 0.4) is 0 Å². The minimum Gasteiger partial charge on any atom is -0.497 e. The minimum absolute atomic E-state index is 0.0947. The Morgan fingerprint density at radius 3 is 2.10 bits per heavy atom. The normalized spacial score (nSPS) is 11.1. The lowest BCUT2D eigenvalue weighted by atomic mass is 10.2. The third kappa shape index (κ3) is 7.11. The molecule has 3 rings (SSSR count). The highest BCUT2D eigenvalue weighted by Gasteiger charge is 2.31. The van der Waals surface area contributed by atoms with E-state index >= 15 is 0 Å². The number of hydrazone groups is 1. The molecule has 208 valence electrons. The van der Waals surface area contributed by atoms with Crippen molar-refractivity contribution in [3.63, 3.8) is 0 Å². The number of carbonyl (C=O) groups is 1. The quantitative estimate of drug-likeness (QED) is 0.250. The molecule has 39 heavy (non-hydrogen) atoms. The van der Waals surface area contributed by atoms with Gasteiger partial charge in [-0.2, -0.15) is 5.10 Å². The SMILES string of the molecule is CCOc1ccc(/C=N\NC(=O)CN(c2cc(OC)ccc2OC)S(=O)(=O)c2ccc(OC)c(OC)c2)cc1. The van der Waals surface area contributed by atoms with E-state index in [4.69, 9.17) is 23.7 Å². The van der Waals surface area contributed by atoms with Gasteiger partial charge >= 0.3 is 0 Å². The molecule has 3 aromatic rings. The average Bonchev–Trinajstić information content (AvgIpc) is 2.96. The molecule has 0 bridgehead atoms. The maximum absolute atomic E-state index is 13.9. The number of amides is 1. The van der Waals surface area contributed by atoms with E-state index in [0.29, 0.717) is 29.4 Å². The Hall–Kier alpha value is -4.45. The van der Waals surface area contributed by atoms with Gasteiger partial charge in [0, 0.05) is 12.1 Å². The number of nitrogens with zero attached hydrogens (tertiary/aromatic N) is 2. The van der Waals surface area contributed by atoms with Crippen molar-refractivity contribution in [1.82, 2.24) is 5.43 Å². The Morgan fingerprint density at radius 1 is 0.846 bits per heavy atom. The molecule has 0 unspecified atom stereocenters. The van der Waals surface area contributed by atoms with Crippen molar-refractivity contribution in [2.45, 2.75) is 11.8 Å². The fraction of sp³-hybridized carbons (Fsp3) is 0.259. The van der Waals surface area contributed by atoms with E-state index < -0.39 is 22.5 Å². The summed E-state index contributed by atoms with van der Waals surface area (Å²) >= 11 is 0. The van der Waals surface area contributed by atoms with Gasteiger partial charge in [0.15, 0.2) is 11.5 Å². The van der Waals surface area contributed by atoms with Crippen molar-refractivity contribution >= 4 is 27.8 Å². The van der Waals surface area contributed by atoms with Crippen molar-refractivity contribution in [3.05, 3.63) is 66.2 Å². The van der Waals surface area contributed by atoms with Crippen LogP contribution in [0, 0.1) is 0 Å². The zero-order chi connectivity index (χ0) is 28.4. The molecule has 0 saturated carbocycles. The van der Waals surface area contributed by atoms with Crippen LogP contribution in [0.4, 0.5) is 5.69 Å². The van der Waals surface area contributed by atoms with Crippen LogP contribution in [0.15, 0.2) is 70.7 Å². The molecular formula is C27H31N3O8S. The Morgan fingerprint density at radius 2 is 1.49 bits per heavy atom. The van der Waals surface area contributed by atoms with Crippen LogP contribution in [0.5, 0.6) is 28.7 Å². The van der Waals surface area contributed by atoms with Crippen LogP contribution < -0.4 is 33.4 Å². The lowest BCUT2D eigenvalue weighted by Crippen LogP contribution is -2.39. The largest absolute Gasteiger partial charge is 0.497 e. The van der Waals surface area contributed by atoms with E-state index in [1.165, 1.54) is 58.9 Å². The van der Waals surface area contributed by atoms with Gasteiger partial charge in [0.1, 0.15) is 23.8 Å². The zero-order valence-corrected chi connectivity index (χ0v) is 23.2. The molecule has 0 aliphatic rings. The first-order valence-electron chi connectivity index (χ1n) is 11.8. The van der Waals surface area contributed by atoms with Gasteiger partial charge in [0.25, 0.3) is 15.9 Å².